The predicted octanol–water partition coefficient (Wildman–Crippen LogP) is 2.61. The number of thiazole rings is 1. The number of hydrogen-bond acceptors (Lipinski definition) is 8. The highest BCUT2D eigenvalue weighted by Crippen LogP contribution is 2.33. The highest BCUT2D eigenvalue weighted by molar-refractivity contribution is 7.91. The molecule has 3 aliphatic rings. The molecule has 3 fully saturated rings. The topological polar surface area (TPSA) is 107 Å². The number of piperazine rings is 1. The first-order chi connectivity index (χ1) is 15.5. The monoisotopic (exact) mass is 467 g/mol. The average Bonchev–Trinajstić information content (AvgIpc) is 3.32. The van der Waals surface area contributed by atoms with Crippen LogP contribution in [0.4, 0.5) is 5.82 Å². The van der Waals surface area contributed by atoms with Gasteiger partial charge in [0.15, 0.2) is 9.84 Å². The highest BCUT2D eigenvalue weighted by Gasteiger charge is 2.41. The SMILES string of the molecule is N#Cc1ccc(N2CC3CCC2CN3C(=O)CCS(=O)(=O)c2cccc3ncsc23)nc1. The molecule has 32 heavy (non-hydrogen) atoms. The van der Waals surface area contributed by atoms with Crippen LogP contribution in [0.5, 0.6) is 0 Å². The number of benzene rings is 1. The fourth-order valence-electron chi connectivity index (χ4n) is 4.62. The summed E-state index contributed by atoms with van der Waals surface area (Å²) in [5.41, 5.74) is 2.81. The van der Waals surface area contributed by atoms with Crippen LogP contribution in [0, 0.1) is 11.3 Å². The zero-order valence-corrected chi connectivity index (χ0v) is 18.8. The van der Waals surface area contributed by atoms with Gasteiger partial charge in [-0.1, -0.05) is 6.07 Å². The molecule has 2 atom stereocenters. The maximum atomic E-state index is 13.0. The Kier molecular flexibility index (Phi) is 5.31. The number of aromatic nitrogens is 2. The van der Waals surface area contributed by atoms with Crippen molar-refractivity contribution in [1.29, 1.82) is 5.26 Å². The summed E-state index contributed by atoms with van der Waals surface area (Å²) in [7, 11) is -3.59. The fourth-order valence-corrected chi connectivity index (χ4v) is 7.18. The molecule has 1 amide bonds. The molecule has 0 spiro atoms. The number of sulfone groups is 1. The van der Waals surface area contributed by atoms with E-state index in [-0.39, 0.29) is 35.1 Å². The fraction of sp³-hybridized carbons (Fsp3) is 0.364. The number of carbonyl (C=O) groups is 1. The second kappa shape index (κ2) is 8.15. The maximum Gasteiger partial charge on any atom is 0.223 e. The lowest BCUT2D eigenvalue weighted by atomic mass is 9.90. The van der Waals surface area contributed by atoms with Crippen molar-refractivity contribution in [3.63, 3.8) is 0 Å². The third-order valence-corrected chi connectivity index (χ3v) is 9.02. The summed E-state index contributed by atoms with van der Waals surface area (Å²) in [5, 5.41) is 8.97. The van der Waals surface area contributed by atoms with Crippen molar-refractivity contribution in [2.45, 2.75) is 36.2 Å². The Bertz CT molecular complexity index is 1310. The molecule has 5 heterocycles. The summed E-state index contributed by atoms with van der Waals surface area (Å²) in [4.78, 5) is 25.9. The van der Waals surface area contributed by atoms with Crippen LogP contribution in [-0.4, -0.2) is 60.1 Å². The van der Waals surface area contributed by atoms with Gasteiger partial charge in [-0.15, -0.1) is 11.3 Å². The molecular weight excluding hydrogens is 446 g/mol. The molecule has 0 N–H and O–H groups in total. The molecule has 2 aromatic heterocycles. The van der Waals surface area contributed by atoms with Crippen LogP contribution in [0.3, 0.4) is 0 Å². The van der Waals surface area contributed by atoms with Crippen molar-refractivity contribution in [1.82, 2.24) is 14.9 Å². The summed E-state index contributed by atoms with van der Waals surface area (Å²) in [6.07, 6.45) is 3.39. The van der Waals surface area contributed by atoms with Crippen molar-refractivity contribution >= 4 is 43.1 Å². The number of hydrogen-bond donors (Lipinski definition) is 0. The second-order valence-corrected chi connectivity index (χ2v) is 11.1. The zero-order valence-electron chi connectivity index (χ0n) is 17.2. The minimum Gasteiger partial charge on any atom is -0.350 e. The van der Waals surface area contributed by atoms with Crippen LogP contribution in [0.25, 0.3) is 10.2 Å². The van der Waals surface area contributed by atoms with E-state index in [1.54, 1.807) is 36.0 Å². The predicted molar refractivity (Wildman–Crippen MR) is 121 cm³/mol. The van der Waals surface area contributed by atoms with Gasteiger partial charge in [-0.2, -0.15) is 5.26 Å². The molecule has 10 heteroatoms. The molecule has 0 aliphatic carbocycles. The number of nitrogens with zero attached hydrogens (tertiary/aromatic N) is 5. The lowest BCUT2D eigenvalue weighted by Crippen LogP contribution is -2.64. The number of nitriles is 1. The van der Waals surface area contributed by atoms with E-state index in [9.17, 15) is 13.2 Å². The second-order valence-electron chi connectivity index (χ2n) is 8.13. The Morgan fingerprint density at radius 3 is 2.72 bits per heavy atom. The largest absolute Gasteiger partial charge is 0.350 e. The van der Waals surface area contributed by atoms with Crippen molar-refractivity contribution in [2.75, 3.05) is 23.7 Å². The van der Waals surface area contributed by atoms with Crippen LogP contribution < -0.4 is 4.90 Å². The Balaban J connectivity index is 1.26. The average molecular weight is 468 g/mol. The van der Waals surface area contributed by atoms with Crippen molar-refractivity contribution in [3.05, 3.63) is 47.6 Å². The first-order valence-corrected chi connectivity index (χ1v) is 13.0. The van der Waals surface area contributed by atoms with Gasteiger partial charge in [-0.25, -0.2) is 18.4 Å². The molecule has 0 saturated carbocycles. The number of piperidine rings is 2. The lowest BCUT2D eigenvalue weighted by Gasteiger charge is -2.52. The third-order valence-electron chi connectivity index (χ3n) is 6.26. The summed E-state index contributed by atoms with van der Waals surface area (Å²) >= 11 is 1.30. The van der Waals surface area contributed by atoms with Gasteiger partial charge in [0, 0.05) is 37.8 Å². The van der Waals surface area contributed by atoms with Gasteiger partial charge in [0.2, 0.25) is 5.91 Å². The molecule has 2 unspecified atom stereocenters. The molecule has 0 radical (unpaired) electrons. The summed E-state index contributed by atoms with van der Waals surface area (Å²) in [6.45, 7) is 1.23. The smallest absolute Gasteiger partial charge is 0.223 e. The molecule has 3 saturated heterocycles. The lowest BCUT2D eigenvalue weighted by molar-refractivity contribution is -0.136. The minimum absolute atomic E-state index is 0.0319. The Morgan fingerprint density at radius 1 is 1.16 bits per heavy atom. The molecule has 3 aromatic rings. The number of pyridine rings is 1. The van der Waals surface area contributed by atoms with Crippen molar-refractivity contribution in [2.24, 2.45) is 0 Å². The van der Waals surface area contributed by atoms with Crippen LogP contribution in [0.2, 0.25) is 0 Å². The quantitative estimate of drug-likeness (QED) is 0.568. The summed E-state index contributed by atoms with van der Waals surface area (Å²) < 4.78 is 26.5. The first kappa shape index (κ1) is 20.8. The molecular formula is C22H21N5O3S2. The molecule has 1 aromatic carbocycles. The van der Waals surface area contributed by atoms with Gasteiger partial charge in [0.25, 0.3) is 0 Å². The maximum absolute atomic E-state index is 13.0. The number of amides is 1. The first-order valence-electron chi connectivity index (χ1n) is 10.4. The van der Waals surface area contributed by atoms with Gasteiger partial charge < -0.3 is 9.80 Å². The standard InChI is InChI=1S/C22H21N5O3S2/c23-10-15-4-7-20(24-11-15)26-12-17-6-5-16(26)13-27(17)21(28)8-9-32(29,30)19-3-1-2-18-22(19)31-14-25-18/h1-4,7,11,14,16-17H,5-6,8-9,12-13H2. The molecule has 8 nitrogen and oxygen atoms in total. The van der Waals surface area contributed by atoms with Gasteiger partial charge in [0.1, 0.15) is 11.9 Å². The third kappa shape index (κ3) is 3.72. The van der Waals surface area contributed by atoms with E-state index in [0.717, 1.165) is 18.7 Å². The van der Waals surface area contributed by atoms with Gasteiger partial charge in [-0.3, -0.25) is 4.79 Å². The van der Waals surface area contributed by atoms with Crippen LogP contribution >= 0.6 is 11.3 Å². The van der Waals surface area contributed by atoms with Gasteiger partial charge in [0.05, 0.1) is 31.9 Å². The number of fused-ring (bicyclic) bond motifs is 4. The van der Waals surface area contributed by atoms with Crippen LogP contribution in [0.1, 0.15) is 24.8 Å². The van der Waals surface area contributed by atoms with E-state index in [1.165, 1.54) is 11.3 Å². The van der Waals surface area contributed by atoms with Crippen LogP contribution in [0.15, 0.2) is 46.9 Å². The van der Waals surface area contributed by atoms with E-state index >= 15 is 0 Å². The summed E-state index contributed by atoms with van der Waals surface area (Å²) in [6, 6.07) is 10.9. The van der Waals surface area contributed by atoms with E-state index in [4.69, 9.17) is 5.26 Å². The van der Waals surface area contributed by atoms with E-state index < -0.39 is 9.84 Å². The van der Waals surface area contributed by atoms with Crippen molar-refractivity contribution < 1.29 is 13.2 Å². The van der Waals surface area contributed by atoms with E-state index in [1.807, 2.05) is 11.0 Å². The van der Waals surface area contributed by atoms with Crippen molar-refractivity contribution in [3.8, 4) is 6.07 Å². The molecule has 3 aliphatic heterocycles. The van der Waals surface area contributed by atoms with E-state index in [2.05, 4.69) is 20.9 Å². The Labute approximate surface area is 190 Å². The molecule has 6 rings (SSSR count). The normalized spacial score (nSPS) is 20.5. The zero-order chi connectivity index (χ0) is 22.3. The Morgan fingerprint density at radius 2 is 2.00 bits per heavy atom. The molecule has 164 valence electrons. The highest BCUT2D eigenvalue weighted by atomic mass is 32.2. The van der Waals surface area contributed by atoms with Crippen LogP contribution in [-0.2, 0) is 14.6 Å². The summed E-state index contributed by atoms with van der Waals surface area (Å²) in [5.74, 6) is 0.482. The minimum atomic E-state index is -3.59. The number of rotatable bonds is 5. The van der Waals surface area contributed by atoms with Gasteiger partial charge in [-0.05, 0) is 37.1 Å². The molecule has 2 bridgehead atoms. The van der Waals surface area contributed by atoms with Gasteiger partial charge >= 0.3 is 0 Å². The Hall–Kier alpha value is -3.03. The number of carbonyl (C=O) groups excluding carboxylic acids is 1. The van der Waals surface area contributed by atoms with E-state index in [0.29, 0.717) is 28.9 Å². The number of anilines is 1.